The first-order valence-electron chi connectivity index (χ1n) is 4.08. The van der Waals surface area contributed by atoms with Crippen LogP contribution < -0.4 is 5.73 Å². The third-order valence-electron chi connectivity index (χ3n) is 2.38. The highest BCUT2D eigenvalue weighted by Gasteiger charge is 2.38. The van der Waals surface area contributed by atoms with E-state index in [0.29, 0.717) is 5.41 Å². The molecule has 0 aliphatic heterocycles. The average Bonchev–Trinajstić information content (AvgIpc) is 1.86. The van der Waals surface area contributed by atoms with Crippen LogP contribution in [0.25, 0.3) is 0 Å². The first-order valence-corrected chi connectivity index (χ1v) is 4.08. The normalized spacial score (nSPS) is 21.5. The van der Waals surface area contributed by atoms with Crippen molar-refractivity contribution in [1.82, 2.24) is 0 Å². The van der Waals surface area contributed by atoms with E-state index in [1.807, 2.05) is 0 Å². The van der Waals surface area contributed by atoms with Crippen LogP contribution in [0.3, 0.4) is 0 Å². The van der Waals surface area contributed by atoms with Gasteiger partial charge in [-0.1, -0.05) is 12.2 Å². The molecule has 0 spiro atoms. The summed E-state index contributed by atoms with van der Waals surface area (Å²) in [5.41, 5.74) is 7.21. The Labute approximate surface area is 68.4 Å². The highest BCUT2D eigenvalue weighted by Crippen LogP contribution is 2.46. The van der Waals surface area contributed by atoms with Crippen LogP contribution in [-0.2, 0) is 4.74 Å². The van der Waals surface area contributed by atoms with Gasteiger partial charge < -0.3 is 10.5 Å². The van der Waals surface area contributed by atoms with Crippen molar-refractivity contribution in [2.45, 2.75) is 19.3 Å². The van der Waals surface area contributed by atoms with Gasteiger partial charge in [0.25, 0.3) is 0 Å². The van der Waals surface area contributed by atoms with Crippen LogP contribution in [0.2, 0.25) is 0 Å². The maximum atomic E-state index is 5.51. The van der Waals surface area contributed by atoms with E-state index in [4.69, 9.17) is 10.5 Å². The molecular formula is C9H17NO. The zero-order chi connectivity index (χ0) is 8.32. The molecule has 0 saturated heterocycles. The molecule has 0 aromatic carbocycles. The third-order valence-corrected chi connectivity index (χ3v) is 2.38. The fourth-order valence-electron chi connectivity index (χ4n) is 1.97. The summed E-state index contributed by atoms with van der Waals surface area (Å²) in [5, 5.41) is 0. The lowest BCUT2D eigenvalue weighted by atomic mass is 9.64. The predicted octanol–water partition coefficient (Wildman–Crippen LogP) is 1.32. The van der Waals surface area contributed by atoms with Gasteiger partial charge in [0.15, 0.2) is 0 Å². The van der Waals surface area contributed by atoms with E-state index in [1.165, 1.54) is 5.57 Å². The summed E-state index contributed by atoms with van der Waals surface area (Å²) < 4.78 is 5.15. The summed E-state index contributed by atoms with van der Waals surface area (Å²) in [6.45, 7) is 5.52. The Hall–Kier alpha value is -0.340. The molecule has 1 aliphatic carbocycles. The van der Waals surface area contributed by atoms with Gasteiger partial charge in [0, 0.05) is 12.5 Å². The molecule has 1 aliphatic rings. The molecule has 1 rings (SSSR count). The number of hydrogen-bond acceptors (Lipinski definition) is 2. The molecule has 64 valence electrons. The Morgan fingerprint density at radius 1 is 1.64 bits per heavy atom. The molecule has 0 heterocycles. The van der Waals surface area contributed by atoms with Crippen molar-refractivity contribution >= 4 is 0 Å². The quantitative estimate of drug-likeness (QED) is 0.621. The molecular weight excluding hydrogens is 138 g/mol. The lowest BCUT2D eigenvalue weighted by Crippen LogP contribution is -2.37. The van der Waals surface area contributed by atoms with Gasteiger partial charge in [0.05, 0.1) is 6.61 Å². The predicted molar refractivity (Wildman–Crippen MR) is 46.4 cm³/mol. The molecule has 0 aromatic rings. The summed E-state index contributed by atoms with van der Waals surface area (Å²) in [5.74, 6) is 0. The molecule has 0 amide bonds. The van der Waals surface area contributed by atoms with Crippen molar-refractivity contribution in [2.75, 3.05) is 20.3 Å². The minimum atomic E-state index is 0.348. The van der Waals surface area contributed by atoms with Crippen molar-refractivity contribution in [3.05, 3.63) is 12.2 Å². The molecule has 2 N–H and O–H groups in total. The molecule has 0 bridgehead atoms. The van der Waals surface area contributed by atoms with Crippen LogP contribution in [0.5, 0.6) is 0 Å². The highest BCUT2D eigenvalue weighted by atomic mass is 16.5. The van der Waals surface area contributed by atoms with Crippen molar-refractivity contribution in [1.29, 1.82) is 0 Å². The summed E-state index contributed by atoms with van der Waals surface area (Å²) >= 11 is 0. The van der Waals surface area contributed by atoms with Gasteiger partial charge >= 0.3 is 0 Å². The summed E-state index contributed by atoms with van der Waals surface area (Å²) in [4.78, 5) is 0. The van der Waals surface area contributed by atoms with Crippen LogP contribution in [0.1, 0.15) is 19.3 Å². The zero-order valence-corrected chi connectivity index (χ0v) is 7.23. The number of ether oxygens (including phenoxy) is 1. The summed E-state index contributed by atoms with van der Waals surface area (Å²) in [7, 11) is 1.75. The Morgan fingerprint density at radius 3 is 2.64 bits per heavy atom. The van der Waals surface area contributed by atoms with Gasteiger partial charge in [-0.15, -0.1) is 0 Å². The Kier molecular flexibility index (Phi) is 2.68. The molecule has 2 nitrogen and oxygen atoms in total. The number of nitrogens with two attached hydrogens (primary N) is 1. The molecule has 0 unspecified atom stereocenters. The van der Waals surface area contributed by atoms with Gasteiger partial charge in [-0.3, -0.25) is 0 Å². The standard InChI is InChI=1S/C9H17NO/c1-8-5-9(6-8,3-4-10)7-11-2/h1,3-7,10H2,2H3. The highest BCUT2D eigenvalue weighted by molar-refractivity contribution is 5.15. The molecule has 0 radical (unpaired) electrons. The van der Waals surface area contributed by atoms with Gasteiger partial charge in [-0.05, 0) is 25.8 Å². The van der Waals surface area contributed by atoms with Crippen molar-refractivity contribution in [3.63, 3.8) is 0 Å². The fourth-order valence-corrected chi connectivity index (χ4v) is 1.97. The number of hydrogen-bond donors (Lipinski definition) is 1. The second-order valence-electron chi connectivity index (χ2n) is 3.58. The lowest BCUT2D eigenvalue weighted by molar-refractivity contribution is 0.0444. The number of methoxy groups -OCH3 is 1. The largest absolute Gasteiger partial charge is 0.384 e. The first-order chi connectivity index (χ1) is 5.22. The number of allylic oxidation sites excluding steroid dienone is 1. The Bertz CT molecular complexity index is 138. The average molecular weight is 155 g/mol. The maximum absolute atomic E-state index is 5.51. The second kappa shape index (κ2) is 3.37. The smallest absolute Gasteiger partial charge is 0.0525 e. The molecule has 0 aromatic heterocycles. The Morgan fingerprint density at radius 2 is 2.27 bits per heavy atom. The van der Waals surface area contributed by atoms with Gasteiger partial charge in [-0.25, -0.2) is 0 Å². The molecule has 1 fully saturated rings. The van der Waals surface area contributed by atoms with E-state index in [-0.39, 0.29) is 0 Å². The van der Waals surface area contributed by atoms with E-state index < -0.39 is 0 Å². The van der Waals surface area contributed by atoms with Crippen molar-refractivity contribution in [2.24, 2.45) is 11.1 Å². The molecule has 11 heavy (non-hydrogen) atoms. The number of rotatable bonds is 4. The van der Waals surface area contributed by atoms with Crippen LogP contribution in [0, 0.1) is 5.41 Å². The Balaban J connectivity index is 2.39. The second-order valence-corrected chi connectivity index (χ2v) is 3.58. The van der Waals surface area contributed by atoms with Crippen LogP contribution >= 0.6 is 0 Å². The van der Waals surface area contributed by atoms with E-state index >= 15 is 0 Å². The minimum absolute atomic E-state index is 0.348. The molecule has 1 saturated carbocycles. The maximum Gasteiger partial charge on any atom is 0.0525 e. The van der Waals surface area contributed by atoms with E-state index in [2.05, 4.69) is 6.58 Å². The van der Waals surface area contributed by atoms with Crippen molar-refractivity contribution < 1.29 is 4.74 Å². The van der Waals surface area contributed by atoms with Gasteiger partial charge in [-0.2, -0.15) is 0 Å². The third kappa shape index (κ3) is 1.82. The lowest BCUT2D eigenvalue weighted by Gasteiger charge is -2.43. The topological polar surface area (TPSA) is 35.2 Å². The minimum Gasteiger partial charge on any atom is -0.384 e. The van der Waals surface area contributed by atoms with Crippen LogP contribution in [0.4, 0.5) is 0 Å². The van der Waals surface area contributed by atoms with Crippen LogP contribution in [0.15, 0.2) is 12.2 Å². The van der Waals surface area contributed by atoms with Crippen molar-refractivity contribution in [3.8, 4) is 0 Å². The van der Waals surface area contributed by atoms with E-state index in [9.17, 15) is 0 Å². The van der Waals surface area contributed by atoms with E-state index in [1.54, 1.807) is 7.11 Å². The summed E-state index contributed by atoms with van der Waals surface area (Å²) in [6, 6.07) is 0. The monoisotopic (exact) mass is 155 g/mol. The van der Waals surface area contributed by atoms with Gasteiger partial charge in [0.1, 0.15) is 0 Å². The van der Waals surface area contributed by atoms with E-state index in [0.717, 1.165) is 32.4 Å². The SMILES string of the molecule is C=C1CC(CCN)(COC)C1. The molecule has 0 atom stereocenters. The fraction of sp³-hybridized carbons (Fsp3) is 0.778. The zero-order valence-electron chi connectivity index (χ0n) is 7.23. The van der Waals surface area contributed by atoms with Crippen LogP contribution in [-0.4, -0.2) is 20.3 Å². The van der Waals surface area contributed by atoms with Gasteiger partial charge in [0.2, 0.25) is 0 Å². The first kappa shape index (κ1) is 8.75. The molecule has 2 heteroatoms. The summed E-state index contributed by atoms with van der Waals surface area (Å²) in [6.07, 6.45) is 3.29.